The molecule has 1 aromatic heterocycles. The highest BCUT2D eigenvalue weighted by atomic mass is 15.0. The van der Waals surface area contributed by atoms with E-state index in [1.807, 2.05) is 0 Å². The molecule has 0 aliphatic heterocycles. The molecule has 196 valence electrons. The first-order valence-corrected chi connectivity index (χ1v) is 14.3. The van der Waals surface area contributed by atoms with Crippen LogP contribution in [0.1, 0.15) is 25.0 Å². The van der Waals surface area contributed by atoms with Gasteiger partial charge in [0.15, 0.2) is 0 Å². The summed E-state index contributed by atoms with van der Waals surface area (Å²) in [5.74, 6) is 0. The molecule has 1 aliphatic carbocycles. The number of hydrogen-bond donors (Lipinski definition) is 1. The van der Waals surface area contributed by atoms with Crippen molar-refractivity contribution in [3.05, 3.63) is 151 Å². The number of anilines is 2. The van der Waals surface area contributed by atoms with E-state index in [-0.39, 0.29) is 5.41 Å². The van der Waals surface area contributed by atoms with Crippen LogP contribution in [0, 0.1) is 0 Å². The Kier molecular flexibility index (Phi) is 5.20. The van der Waals surface area contributed by atoms with Crippen molar-refractivity contribution in [1.82, 2.24) is 4.57 Å². The third-order valence-corrected chi connectivity index (χ3v) is 8.78. The highest BCUT2D eigenvalue weighted by molar-refractivity contribution is 6.10. The lowest BCUT2D eigenvalue weighted by molar-refractivity contribution is 0.660. The molecule has 0 radical (unpaired) electrons. The van der Waals surface area contributed by atoms with Crippen molar-refractivity contribution >= 4 is 33.2 Å². The predicted molar refractivity (Wildman–Crippen MR) is 174 cm³/mol. The molecular formula is C39H30N2. The maximum absolute atomic E-state index is 3.65. The molecule has 6 aromatic carbocycles. The Hall–Kier alpha value is -5.08. The zero-order valence-corrected chi connectivity index (χ0v) is 23.2. The van der Waals surface area contributed by atoms with Crippen LogP contribution in [0.3, 0.4) is 0 Å². The Morgan fingerprint density at radius 2 is 1.15 bits per heavy atom. The van der Waals surface area contributed by atoms with Gasteiger partial charge in [-0.05, 0) is 88.0 Å². The van der Waals surface area contributed by atoms with Gasteiger partial charge in [-0.1, -0.05) is 98.8 Å². The van der Waals surface area contributed by atoms with Crippen molar-refractivity contribution in [3.8, 4) is 27.9 Å². The summed E-state index contributed by atoms with van der Waals surface area (Å²) in [6, 6.07) is 50.5. The molecule has 0 bridgehead atoms. The molecule has 8 rings (SSSR count). The van der Waals surface area contributed by atoms with Gasteiger partial charge in [0.1, 0.15) is 0 Å². The Morgan fingerprint density at radius 3 is 2.00 bits per heavy atom. The fourth-order valence-corrected chi connectivity index (χ4v) is 6.70. The maximum atomic E-state index is 3.65. The zero-order chi connectivity index (χ0) is 27.6. The number of para-hydroxylation sites is 2. The predicted octanol–water partition coefficient (Wildman–Crippen LogP) is 10.5. The Bertz CT molecular complexity index is 2080. The second-order valence-electron chi connectivity index (χ2n) is 11.6. The highest BCUT2D eigenvalue weighted by Gasteiger charge is 2.35. The van der Waals surface area contributed by atoms with Crippen LogP contribution in [0.5, 0.6) is 0 Å². The van der Waals surface area contributed by atoms with E-state index >= 15 is 0 Å². The molecule has 1 aliphatic rings. The summed E-state index contributed by atoms with van der Waals surface area (Å²) in [4.78, 5) is 0. The van der Waals surface area contributed by atoms with E-state index in [9.17, 15) is 0 Å². The summed E-state index contributed by atoms with van der Waals surface area (Å²) < 4.78 is 2.35. The van der Waals surface area contributed by atoms with E-state index < -0.39 is 0 Å². The first kappa shape index (κ1) is 23.8. The van der Waals surface area contributed by atoms with E-state index in [4.69, 9.17) is 0 Å². The maximum Gasteiger partial charge on any atom is 0.0542 e. The first-order valence-electron chi connectivity index (χ1n) is 14.3. The van der Waals surface area contributed by atoms with Gasteiger partial charge in [-0.3, -0.25) is 0 Å². The molecule has 0 unspecified atom stereocenters. The summed E-state index contributed by atoms with van der Waals surface area (Å²) >= 11 is 0. The molecule has 0 saturated heterocycles. The minimum Gasteiger partial charge on any atom is -0.356 e. The van der Waals surface area contributed by atoms with E-state index in [1.165, 1.54) is 60.9 Å². The van der Waals surface area contributed by atoms with Crippen LogP contribution < -0.4 is 5.32 Å². The fraction of sp³-hybridized carbons (Fsp3) is 0.0769. The number of hydrogen-bond acceptors (Lipinski definition) is 1. The molecule has 1 heterocycles. The molecule has 7 aromatic rings. The largest absolute Gasteiger partial charge is 0.356 e. The van der Waals surface area contributed by atoms with E-state index in [0.717, 1.165) is 11.4 Å². The summed E-state index contributed by atoms with van der Waals surface area (Å²) in [7, 11) is 0. The summed E-state index contributed by atoms with van der Waals surface area (Å²) in [6.45, 7) is 4.67. The molecule has 2 nitrogen and oxygen atoms in total. The van der Waals surface area contributed by atoms with Crippen molar-refractivity contribution in [2.24, 2.45) is 0 Å². The van der Waals surface area contributed by atoms with Gasteiger partial charge >= 0.3 is 0 Å². The van der Waals surface area contributed by atoms with Crippen molar-refractivity contribution in [1.29, 1.82) is 0 Å². The molecule has 0 saturated carbocycles. The third-order valence-electron chi connectivity index (χ3n) is 8.78. The number of benzene rings is 6. The smallest absolute Gasteiger partial charge is 0.0542 e. The minimum absolute atomic E-state index is 0.00566. The van der Waals surface area contributed by atoms with Gasteiger partial charge in [0.25, 0.3) is 0 Å². The third kappa shape index (κ3) is 3.72. The number of aromatic nitrogens is 1. The number of rotatable bonds is 4. The lowest BCUT2D eigenvalue weighted by atomic mass is 9.81. The van der Waals surface area contributed by atoms with Crippen molar-refractivity contribution in [2.75, 3.05) is 5.32 Å². The van der Waals surface area contributed by atoms with Gasteiger partial charge in [-0.15, -0.1) is 0 Å². The van der Waals surface area contributed by atoms with Gasteiger partial charge in [0.05, 0.1) is 11.0 Å². The van der Waals surface area contributed by atoms with Gasteiger partial charge in [0, 0.05) is 33.2 Å². The van der Waals surface area contributed by atoms with Crippen LogP contribution in [0.4, 0.5) is 11.4 Å². The summed E-state index contributed by atoms with van der Waals surface area (Å²) in [6.07, 6.45) is 0. The van der Waals surface area contributed by atoms with Gasteiger partial charge < -0.3 is 9.88 Å². The second kappa shape index (κ2) is 8.97. The molecule has 0 spiro atoms. The minimum atomic E-state index is 0.00566. The topological polar surface area (TPSA) is 17.0 Å². The summed E-state index contributed by atoms with van der Waals surface area (Å²) in [5.41, 5.74) is 13.8. The number of fused-ring (bicyclic) bond motifs is 6. The van der Waals surface area contributed by atoms with Crippen LogP contribution in [0.25, 0.3) is 49.7 Å². The lowest BCUT2D eigenvalue weighted by Crippen LogP contribution is -2.14. The number of nitrogens with one attached hydrogen (secondary N) is 1. The SMILES string of the molecule is CC1(C)c2ccccc2-c2ccc(-c3ccc(Nc4ccc5c(c4)c4ccccc4n5-c4ccccc4)cc3)cc21. The molecule has 0 amide bonds. The normalized spacial score (nSPS) is 13.3. The Labute approximate surface area is 240 Å². The average Bonchev–Trinajstić information content (AvgIpc) is 3.46. The molecule has 1 N–H and O–H groups in total. The quantitative estimate of drug-likeness (QED) is 0.241. The fourth-order valence-electron chi connectivity index (χ4n) is 6.70. The van der Waals surface area contributed by atoms with Crippen LogP contribution in [-0.2, 0) is 5.41 Å². The molecule has 0 fully saturated rings. The number of nitrogens with zero attached hydrogens (tertiary/aromatic N) is 1. The van der Waals surface area contributed by atoms with Crippen LogP contribution in [0.15, 0.2) is 140 Å². The van der Waals surface area contributed by atoms with Crippen LogP contribution in [0.2, 0.25) is 0 Å². The van der Waals surface area contributed by atoms with E-state index in [2.05, 4.69) is 163 Å². The second-order valence-corrected chi connectivity index (χ2v) is 11.6. The van der Waals surface area contributed by atoms with Gasteiger partial charge in [0.2, 0.25) is 0 Å². The first-order chi connectivity index (χ1) is 20.1. The highest BCUT2D eigenvalue weighted by Crippen LogP contribution is 2.49. The van der Waals surface area contributed by atoms with Crippen LogP contribution in [-0.4, -0.2) is 4.57 Å². The molecular weight excluding hydrogens is 496 g/mol. The van der Waals surface area contributed by atoms with Gasteiger partial charge in [-0.25, -0.2) is 0 Å². The molecule has 41 heavy (non-hydrogen) atoms. The Morgan fingerprint density at radius 1 is 0.488 bits per heavy atom. The Balaban J connectivity index is 1.11. The average molecular weight is 527 g/mol. The van der Waals surface area contributed by atoms with Gasteiger partial charge in [-0.2, -0.15) is 0 Å². The van der Waals surface area contributed by atoms with E-state index in [1.54, 1.807) is 0 Å². The molecule has 0 atom stereocenters. The van der Waals surface area contributed by atoms with Crippen molar-refractivity contribution < 1.29 is 0 Å². The summed E-state index contributed by atoms with van der Waals surface area (Å²) in [5, 5.41) is 6.15. The van der Waals surface area contributed by atoms with Crippen molar-refractivity contribution in [3.63, 3.8) is 0 Å². The zero-order valence-electron chi connectivity index (χ0n) is 23.2. The lowest BCUT2D eigenvalue weighted by Gasteiger charge is -2.22. The van der Waals surface area contributed by atoms with E-state index in [0.29, 0.717) is 0 Å². The standard InChI is InChI=1S/C39H30N2/c1-39(2)35-14-8-6-12-31(35)32-22-18-27(24-36(32)39)26-16-19-28(20-17-26)40-29-21-23-38-34(25-29)33-13-7-9-15-37(33)41(38)30-10-4-3-5-11-30/h3-25,40H,1-2H3. The molecule has 2 heteroatoms. The monoisotopic (exact) mass is 526 g/mol. The van der Waals surface area contributed by atoms with Crippen molar-refractivity contribution in [2.45, 2.75) is 19.3 Å². The van der Waals surface area contributed by atoms with Crippen LogP contribution >= 0.6 is 0 Å².